The summed E-state index contributed by atoms with van der Waals surface area (Å²) in [4.78, 5) is 60.4. The molecule has 1 aromatic heterocycles. The van der Waals surface area contributed by atoms with Gasteiger partial charge in [0.25, 0.3) is 5.56 Å². The number of rotatable bonds is 9. The number of aromatic nitrogens is 2. The van der Waals surface area contributed by atoms with Gasteiger partial charge in [0.05, 0.1) is 57.1 Å². The summed E-state index contributed by atoms with van der Waals surface area (Å²) in [6.45, 7) is 2.55. The second-order valence-electron chi connectivity index (χ2n) is 10.8. The molecule has 1 atom stereocenters. The topological polar surface area (TPSA) is 148 Å². The van der Waals surface area contributed by atoms with E-state index in [4.69, 9.17) is 14.5 Å². The van der Waals surface area contributed by atoms with Crippen LogP contribution in [0.5, 0.6) is 11.5 Å². The number of methoxy groups -OCH3 is 3. The molecule has 3 aromatic carbocycles. The smallest absolute Gasteiger partial charge is 0.407 e. The molecule has 252 valence electrons. The summed E-state index contributed by atoms with van der Waals surface area (Å²) in [5.41, 5.74) is 0.782. The van der Waals surface area contributed by atoms with Gasteiger partial charge in [-0.25, -0.2) is 23.6 Å². The molecule has 2 N–H and O–H groups in total. The van der Waals surface area contributed by atoms with E-state index < -0.39 is 24.0 Å². The summed E-state index contributed by atoms with van der Waals surface area (Å²) in [6.07, 6.45) is -0.712. The summed E-state index contributed by atoms with van der Waals surface area (Å²) in [6, 6.07) is 15.7. The molecule has 1 saturated heterocycles. The fraction of sp³-hybridized carbons (Fsp3) is 0.303. The first-order valence-electron chi connectivity index (χ1n) is 15.1. The van der Waals surface area contributed by atoms with Crippen molar-refractivity contribution in [2.75, 3.05) is 69.3 Å². The van der Waals surface area contributed by atoms with E-state index in [0.29, 0.717) is 33.8 Å². The highest BCUT2D eigenvalue weighted by molar-refractivity contribution is 6.03. The van der Waals surface area contributed by atoms with Gasteiger partial charge in [-0.1, -0.05) is 12.1 Å². The first kappa shape index (κ1) is 33.5. The number of fused-ring (bicyclic) bond motifs is 1. The lowest BCUT2D eigenvalue weighted by atomic mass is 10.1. The van der Waals surface area contributed by atoms with E-state index >= 15 is 0 Å². The normalized spacial score (nSPS) is 13.4. The highest BCUT2D eigenvalue weighted by Gasteiger charge is 2.33. The van der Waals surface area contributed by atoms with Gasteiger partial charge in [-0.3, -0.25) is 14.5 Å². The van der Waals surface area contributed by atoms with Crippen molar-refractivity contribution in [1.82, 2.24) is 19.9 Å². The number of piperazine rings is 1. The Hall–Kier alpha value is -5.86. The number of anilines is 2. The van der Waals surface area contributed by atoms with Gasteiger partial charge in [-0.05, 0) is 55.5 Å². The third-order valence-corrected chi connectivity index (χ3v) is 7.96. The minimum atomic E-state index is -0.881. The van der Waals surface area contributed by atoms with Gasteiger partial charge >= 0.3 is 12.1 Å². The number of alkyl carbamates (subject to hydrolysis) is 1. The Balaban J connectivity index is 1.56. The van der Waals surface area contributed by atoms with Crippen LogP contribution in [0, 0.1) is 5.82 Å². The SMILES string of the molecule is COC(=O)NCC(=O)N1CCN(n2c(C(C)N(C(=O)Nc3ccc(F)cc3)c3ccc(OC)cc3OC)nc3ccccc3c2=O)CC1. The number of amides is 4. The molecule has 0 radical (unpaired) electrons. The van der Waals surface area contributed by atoms with Gasteiger partial charge in [0.2, 0.25) is 5.91 Å². The van der Waals surface area contributed by atoms with Crippen LogP contribution in [0.25, 0.3) is 10.9 Å². The van der Waals surface area contributed by atoms with Crippen LogP contribution in [0.2, 0.25) is 0 Å². The van der Waals surface area contributed by atoms with Crippen molar-refractivity contribution in [3.63, 3.8) is 0 Å². The number of carbonyl (C=O) groups is 3. The molecule has 4 aromatic rings. The first-order chi connectivity index (χ1) is 23.1. The zero-order valence-electron chi connectivity index (χ0n) is 26.9. The van der Waals surface area contributed by atoms with E-state index in [1.807, 2.05) is 0 Å². The predicted octanol–water partition coefficient (Wildman–Crippen LogP) is 3.49. The van der Waals surface area contributed by atoms with Gasteiger partial charge in [0.15, 0.2) is 5.82 Å². The van der Waals surface area contributed by atoms with Gasteiger partial charge in [-0.2, -0.15) is 0 Å². The minimum Gasteiger partial charge on any atom is -0.497 e. The average Bonchev–Trinajstić information content (AvgIpc) is 3.11. The zero-order valence-corrected chi connectivity index (χ0v) is 26.9. The molecule has 2 heterocycles. The van der Waals surface area contributed by atoms with Crippen molar-refractivity contribution in [1.29, 1.82) is 0 Å². The van der Waals surface area contributed by atoms with E-state index in [0.717, 1.165) is 0 Å². The van der Waals surface area contributed by atoms with E-state index in [-0.39, 0.29) is 50.0 Å². The van der Waals surface area contributed by atoms with Crippen LogP contribution < -0.4 is 35.6 Å². The molecule has 1 fully saturated rings. The quantitative estimate of drug-likeness (QED) is 0.275. The summed E-state index contributed by atoms with van der Waals surface area (Å²) < 4.78 is 30.7. The van der Waals surface area contributed by atoms with E-state index in [1.165, 1.54) is 55.2 Å². The van der Waals surface area contributed by atoms with Crippen molar-refractivity contribution in [2.45, 2.75) is 13.0 Å². The van der Waals surface area contributed by atoms with Gasteiger partial charge in [0.1, 0.15) is 23.9 Å². The Morgan fingerprint density at radius 2 is 1.67 bits per heavy atom. The second kappa shape index (κ2) is 14.7. The maximum absolute atomic E-state index is 14.2. The standard InChI is InChI=1S/C33H36FN7O7/c1-21(40(27-14-13-24(46-2)19-28(27)47-3)32(44)36-23-11-9-22(34)10-12-23)30-37-26-8-6-5-7-25(26)31(43)41(30)39-17-15-38(16-18-39)29(42)20-35-33(45)48-4/h5-14,19,21H,15-18,20H2,1-4H3,(H,35,45)(H,36,44). The van der Waals surface area contributed by atoms with Crippen LogP contribution in [-0.2, 0) is 9.53 Å². The van der Waals surface area contributed by atoms with Crippen LogP contribution in [-0.4, -0.2) is 86.6 Å². The molecule has 1 unspecified atom stereocenters. The molecule has 5 rings (SSSR count). The summed E-state index contributed by atoms with van der Waals surface area (Å²) in [5.74, 6) is 0.307. The molecule has 0 bridgehead atoms. The Morgan fingerprint density at radius 3 is 2.33 bits per heavy atom. The molecule has 0 aliphatic carbocycles. The molecule has 4 amide bonds. The number of para-hydroxylation sites is 1. The van der Waals surface area contributed by atoms with Crippen LogP contribution in [0.1, 0.15) is 18.8 Å². The largest absolute Gasteiger partial charge is 0.497 e. The fourth-order valence-corrected chi connectivity index (χ4v) is 5.47. The van der Waals surface area contributed by atoms with Crippen LogP contribution in [0.3, 0.4) is 0 Å². The Morgan fingerprint density at radius 1 is 0.958 bits per heavy atom. The van der Waals surface area contributed by atoms with E-state index in [2.05, 4.69) is 15.4 Å². The third-order valence-electron chi connectivity index (χ3n) is 7.96. The van der Waals surface area contributed by atoms with Crippen molar-refractivity contribution in [2.24, 2.45) is 0 Å². The minimum absolute atomic E-state index is 0.228. The molecule has 15 heteroatoms. The lowest BCUT2D eigenvalue weighted by Crippen LogP contribution is -2.57. The molecule has 0 spiro atoms. The Labute approximate surface area is 275 Å². The van der Waals surface area contributed by atoms with E-state index in [1.54, 1.807) is 59.3 Å². The molecule has 1 aliphatic heterocycles. The van der Waals surface area contributed by atoms with Crippen molar-refractivity contribution in [3.05, 3.63) is 88.7 Å². The average molecular weight is 662 g/mol. The monoisotopic (exact) mass is 661 g/mol. The summed E-state index contributed by atoms with van der Waals surface area (Å²) in [7, 11) is 4.19. The van der Waals surface area contributed by atoms with Crippen molar-refractivity contribution < 1.29 is 33.0 Å². The molecule has 0 saturated carbocycles. The highest BCUT2D eigenvalue weighted by atomic mass is 19.1. The van der Waals surface area contributed by atoms with Crippen LogP contribution in [0.15, 0.2) is 71.5 Å². The lowest BCUT2D eigenvalue weighted by Gasteiger charge is -2.39. The highest BCUT2D eigenvalue weighted by Crippen LogP contribution is 2.37. The summed E-state index contributed by atoms with van der Waals surface area (Å²) >= 11 is 0. The number of nitrogens with one attached hydrogen (secondary N) is 2. The van der Waals surface area contributed by atoms with Crippen molar-refractivity contribution in [3.8, 4) is 11.5 Å². The number of halogens is 1. The summed E-state index contributed by atoms with van der Waals surface area (Å²) in [5, 5.41) is 7.36. The second-order valence-corrected chi connectivity index (χ2v) is 10.8. The van der Waals surface area contributed by atoms with Crippen LogP contribution >= 0.6 is 0 Å². The maximum atomic E-state index is 14.2. The third kappa shape index (κ3) is 7.09. The number of hydrogen-bond acceptors (Lipinski definition) is 9. The molecule has 14 nitrogen and oxygen atoms in total. The Kier molecular flexibility index (Phi) is 10.3. The van der Waals surface area contributed by atoms with Gasteiger partial charge in [-0.15, -0.1) is 0 Å². The maximum Gasteiger partial charge on any atom is 0.407 e. The number of urea groups is 1. The number of nitrogens with zero attached hydrogens (tertiary/aromatic N) is 5. The molecule has 1 aliphatic rings. The van der Waals surface area contributed by atoms with Crippen molar-refractivity contribution >= 4 is 40.3 Å². The van der Waals surface area contributed by atoms with Gasteiger partial charge in [0, 0.05) is 24.8 Å². The Bertz CT molecular complexity index is 1860. The van der Waals surface area contributed by atoms with Gasteiger partial charge < -0.3 is 34.8 Å². The zero-order chi connectivity index (χ0) is 34.4. The number of carbonyl (C=O) groups excluding carboxylic acids is 3. The van der Waals surface area contributed by atoms with E-state index in [9.17, 15) is 23.6 Å². The number of ether oxygens (including phenoxy) is 3. The first-order valence-corrected chi connectivity index (χ1v) is 15.1. The molecular weight excluding hydrogens is 625 g/mol. The lowest BCUT2D eigenvalue weighted by molar-refractivity contribution is -0.130. The fourth-order valence-electron chi connectivity index (χ4n) is 5.47. The molecule has 48 heavy (non-hydrogen) atoms. The van der Waals surface area contributed by atoms with Crippen LogP contribution in [0.4, 0.5) is 25.4 Å². The number of hydrogen-bond donors (Lipinski definition) is 2. The predicted molar refractivity (Wildman–Crippen MR) is 177 cm³/mol. The molecular formula is C33H36FN7O7. The number of benzene rings is 3.